The van der Waals surface area contributed by atoms with E-state index >= 15 is 0 Å². The van der Waals surface area contributed by atoms with Crippen LogP contribution in [-0.2, 0) is 24.3 Å². The Morgan fingerprint density at radius 1 is 1.13 bits per heavy atom. The molecule has 0 saturated carbocycles. The lowest BCUT2D eigenvalue weighted by Gasteiger charge is -2.31. The number of hydrogen-bond acceptors (Lipinski definition) is 4. The van der Waals surface area contributed by atoms with Gasteiger partial charge < -0.3 is 10.2 Å². The smallest absolute Gasteiger partial charge is 0.255 e. The second-order valence-corrected chi connectivity index (χ2v) is 8.01. The van der Waals surface area contributed by atoms with Crippen LogP contribution in [0.3, 0.4) is 0 Å². The van der Waals surface area contributed by atoms with Gasteiger partial charge >= 0.3 is 0 Å². The standard InChI is InChI=1S/C23H23ClN4O2/c1-15-7-8-19(24)12-20(15)26-21(29)14-28-22(30)11-16(2)25-23(28)27-10-9-17-5-3-4-6-18(17)13-27/h3-8,11-12H,9-10,13-14H2,1-2H3,(H,26,29). The van der Waals surface area contributed by atoms with Crippen molar-refractivity contribution in [3.63, 3.8) is 0 Å². The van der Waals surface area contributed by atoms with Gasteiger partial charge in [0, 0.05) is 35.6 Å². The number of fused-ring (bicyclic) bond motifs is 1. The van der Waals surface area contributed by atoms with Crippen molar-refractivity contribution >= 4 is 29.1 Å². The largest absolute Gasteiger partial charge is 0.337 e. The summed E-state index contributed by atoms with van der Waals surface area (Å²) in [6.45, 7) is 4.96. The summed E-state index contributed by atoms with van der Waals surface area (Å²) in [5.74, 6) is 0.222. The minimum atomic E-state index is -0.299. The van der Waals surface area contributed by atoms with Gasteiger partial charge in [-0.05, 0) is 49.1 Å². The highest BCUT2D eigenvalue weighted by molar-refractivity contribution is 6.31. The van der Waals surface area contributed by atoms with E-state index in [0.29, 0.717) is 28.9 Å². The van der Waals surface area contributed by atoms with Crippen molar-refractivity contribution in [1.29, 1.82) is 0 Å². The third-order valence-electron chi connectivity index (χ3n) is 5.31. The molecule has 30 heavy (non-hydrogen) atoms. The van der Waals surface area contributed by atoms with Crippen molar-refractivity contribution in [3.05, 3.63) is 86.3 Å². The van der Waals surface area contributed by atoms with E-state index in [0.717, 1.165) is 18.5 Å². The molecule has 2 heterocycles. The zero-order valence-corrected chi connectivity index (χ0v) is 17.7. The maximum absolute atomic E-state index is 12.8. The molecule has 0 unspecified atom stereocenters. The van der Waals surface area contributed by atoms with Crippen LogP contribution < -0.4 is 15.8 Å². The molecule has 3 aromatic rings. The molecule has 2 aromatic carbocycles. The molecule has 0 bridgehead atoms. The zero-order chi connectivity index (χ0) is 21.3. The van der Waals surface area contributed by atoms with E-state index in [4.69, 9.17) is 11.6 Å². The summed E-state index contributed by atoms with van der Waals surface area (Å²) in [6, 6.07) is 15.0. The molecule has 0 spiro atoms. The summed E-state index contributed by atoms with van der Waals surface area (Å²) in [6.07, 6.45) is 0.869. The second kappa shape index (κ2) is 8.32. The van der Waals surface area contributed by atoms with Gasteiger partial charge in [0.05, 0.1) is 0 Å². The number of carbonyl (C=O) groups excluding carboxylic acids is 1. The molecule has 154 valence electrons. The van der Waals surface area contributed by atoms with E-state index in [2.05, 4.69) is 27.3 Å². The highest BCUT2D eigenvalue weighted by Gasteiger charge is 2.22. The van der Waals surface area contributed by atoms with Crippen LogP contribution in [0.5, 0.6) is 0 Å². The van der Waals surface area contributed by atoms with Crippen LogP contribution in [-0.4, -0.2) is 22.0 Å². The monoisotopic (exact) mass is 422 g/mol. The Labute approximate surface area is 180 Å². The van der Waals surface area contributed by atoms with Gasteiger partial charge in [-0.1, -0.05) is 41.9 Å². The van der Waals surface area contributed by atoms with Crippen LogP contribution in [0.2, 0.25) is 5.02 Å². The van der Waals surface area contributed by atoms with Crippen molar-refractivity contribution in [2.75, 3.05) is 16.8 Å². The minimum Gasteiger partial charge on any atom is -0.337 e. The van der Waals surface area contributed by atoms with Crippen LogP contribution in [0.15, 0.2) is 53.3 Å². The van der Waals surface area contributed by atoms with E-state index in [-0.39, 0.29) is 18.0 Å². The maximum Gasteiger partial charge on any atom is 0.255 e. The van der Waals surface area contributed by atoms with Crippen LogP contribution in [0, 0.1) is 13.8 Å². The quantitative estimate of drug-likeness (QED) is 0.695. The molecule has 7 heteroatoms. The summed E-state index contributed by atoms with van der Waals surface area (Å²) in [5.41, 5.74) is 4.45. The lowest BCUT2D eigenvalue weighted by atomic mass is 10.0. The van der Waals surface area contributed by atoms with Crippen molar-refractivity contribution in [2.24, 2.45) is 0 Å². The lowest BCUT2D eigenvalue weighted by molar-refractivity contribution is -0.116. The number of carbonyl (C=O) groups is 1. The first-order valence-electron chi connectivity index (χ1n) is 9.87. The van der Waals surface area contributed by atoms with Gasteiger partial charge in [-0.15, -0.1) is 0 Å². The summed E-state index contributed by atoms with van der Waals surface area (Å²) in [4.78, 5) is 32.2. The van der Waals surface area contributed by atoms with Crippen LogP contribution in [0.1, 0.15) is 22.4 Å². The number of benzene rings is 2. The fraction of sp³-hybridized carbons (Fsp3) is 0.261. The van der Waals surface area contributed by atoms with Gasteiger partial charge in [0.1, 0.15) is 6.54 Å². The molecule has 4 rings (SSSR count). The Kier molecular flexibility index (Phi) is 5.59. The molecule has 0 atom stereocenters. The number of halogens is 1. The van der Waals surface area contributed by atoms with Crippen LogP contribution >= 0.6 is 11.6 Å². The molecule has 0 radical (unpaired) electrons. The van der Waals surface area contributed by atoms with Gasteiger partial charge in [-0.25, -0.2) is 4.98 Å². The summed E-state index contributed by atoms with van der Waals surface area (Å²) in [7, 11) is 0. The number of nitrogens with one attached hydrogen (secondary N) is 1. The van der Waals surface area contributed by atoms with E-state index in [9.17, 15) is 9.59 Å². The summed E-state index contributed by atoms with van der Waals surface area (Å²) >= 11 is 6.05. The predicted octanol–water partition coefficient (Wildman–Crippen LogP) is 3.71. The van der Waals surface area contributed by atoms with Crippen molar-refractivity contribution in [3.8, 4) is 0 Å². The van der Waals surface area contributed by atoms with Gasteiger partial charge in [-0.3, -0.25) is 14.2 Å². The van der Waals surface area contributed by atoms with E-state index < -0.39 is 0 Å². The average Bonchev–Trinajstić information content (AvgIpc) is 2.72. The summed E-state index contributed by atoms with van der Waals surface area (Å²) in [5, 5.41) is 3.40. The van der Waals surface area contributed by atoms with Crippen molar-refractivity contribution in [1.82, 2.24) is 9.55 Å². The first-order chi connectivity index (χ1) is 14.4. The Bertz CT molecular complexity index is 1170. The number of amides is 1. The molecular formula is C23H23ClN4O2. The molecule has 0 aliphatic carbocycles. The number of aromatic nitrogens is 2. The average molecular weight is 423 g/mol. The third kappa shape index (κ3) is 4.24. The predicted molar refractivity (Wildman–Crippen MR) is 119 cm³/mol. The molecular weight excluding hydrogens is 400 g/mol. The zero-order valence-electron chi connectivity index (χ0n) is 17.0. The van der Waals surface area contributed by atoms with Gasteiger partial charge in [0.25, 0.3) is 5.56 Å². The molecule has 6 nitrogen and oxygen atoms in total. The lowest BCUT2D eigenvalue weighted by Crippen LogP contribution is -2.38. The topological polar surface area (TPSA) is 67.2 Å². The van der Waals surface area contributed by atoms with Crippen molar-refractivity contribution < 1.29 is 4.79 Å². The third-order valence-corrected chi connectivity index (χ3v) is 5.54. The molecule has 1 aliphatic heterocycles. The van der Waals surface area contributed by atoms with E-state index in [1.165, 1.54) is 21.8 Å². The summed E-state index contributed by atoms with van der Waals surface area (Å²) < 4.78 is 1.44. The number of rotatable bonds is 4. The molecule has 0 fully saturated rings. The number of anilines is 2. The Morgan fingerprint density at radius 3 is 2.70 bits per heavy atom. The van der Waals surface area contributed by atoms with Gasteiger partial charge in [0.2, 0.25) is 11.9 Å². The Hall–Kier alpha value is -3.12. The van der Waals surface area contributed by atoms with Gasteiger partial charge in [0.15, 0.2) is 0 Å². The highest BCUT2D eigenvalue weighted by Crippen LogP contribution is 2.23. The van der Waals surface area contributed by atoms with Crippen molar-refractivity contribution in [2.45, 2.75) is 33.4 Å². The maximum atomic E-state index is 12.8. The first kappa shape index (κ1) is 20.2. The molecule has 0 saturated heterocycles. The number of aryl methyl sites for hydroxylation is 2. The fourth-order valence-electron chi connectivity index (χ4n) is 3.72. The molecule has 1 aliphatic rings. The first-order valence-corrected chi connectivity index (χ1v) is 10.2. The fourth-order valence-corrected chi connectivity index (χ4v) is 3.90. The van der Waals surface area contributed by atoms with Crippen LogP contribution in [0.4, 0.5) is 11.6 Å². The normalized spacial score (nSPS) is 13.1. The number of hydrogen-bond donors (Lipinski definition) is 1. The van der Waals surface area contributed by atoms with Gasteiger partial charge in [-0.2, -0.15) is 0 Å². The Balaban J connectivity index is 1.62. The molecule has 1 amide bonds. The molecule has 1 N–H and O–H groups in total. The van der Waals surface area contributed by atoms with E-state index in [1.807, 2.05) is 25.1 Å². The second-order valence-electron chi connectivity index (χ2n) is 7.57. The number of nitrogens with zero attached hydrogens (tertiary/aromatic N) is 3. The SMILES string of the molecule is Cc1cc(=O)n(CC(=O)Nc2cc(Cl)ccc2C)c(N2CCc3ccccc3C2)n1. The highest BCUT2D eigenvalue weighted by atomic mass is 35.5. The minimum absolute atomic E-state index is 0.119. The van der Waals surface area contributed by atoms with Crippen LogP contribution in [0.25, 0.3) is 0 Å². The molecule has 1 aromatic heterocycles. The van der Waals surface area contributed by atoms with E-state index in [1.54, 1.807) is 19.1 Å². The Morgan fingerprint density at radius 2 is 1.90 bits per heavy atom.